The second-order valence-corrected chi connectivity index (χ2v) is 7.66. The van der Waals surface area contributed by atoms with Crippen LogP contribution in [0.3, 0.4) is 0 Å². The third kappa shape index (κ3) is 2.81. The molecule has 2 aliphatic rings. The van der Waals surface area contributed by atoms with E-state index in [9.17, 15) is 14.0 Å². The highest BCUT2D eigenvalue weighted by atomic mass is 35.5. The van der Waals surface area contributed by atoms with E-state index < -0.39 is 24.1 Å². The van der Waals surface area contributed by atoms with Crippen LogP contribution >= 0.6 is 11.6 Å². The van der Waals surface area contributed by atoms with Crippen molar-refractivity contribution in [2.75, 3.05) is 11.9 Å². The van der Waals surface area contributed by atoms with Crippen LogP contribution in [0.25, 0.3) is 11.4 Å². The second-order valence-electron chi connectivity index (χ2n) is 7.22. The molecule has 0 radical (unpaired) electrons. The second kappa shape index (κ2) is 6.81. The first-order valence-electron chi connectivity index (χ1n) is 9.23. The highest BCUT2D eigenvalue weighted by molar-refractivity contribution is 6.30. The lowest BCUT2D eigenvalue weighted by Crippen LogP contribution is -2.61. The third-order valence-electron chi connectivity index (χ3n) is 5.40. The minimum atomic E-state index is -0.687. The predicted molar refractivity (Wildman–Crippen MR) is 107 cm³/mol. The van der Waals surface area contributed by atoms with E-state index in [0.29, 0.717) is 28.9 Å². The summed E-state index contributed by atoms with van der Waals surface area (Å²) in [7, 11) is 1.61. The molecule has 8 nitrogen and oxygen atoms in total. The van der Waals surface area contributed by atoms with Crippen LogP contribution in [-0.4, -0.2) is 44.7 Å². The fraction of sp³-hybridized carbons (Fsp3) is 0.200. The molecule has 2 unspecified atom stereocenters. The van der Waals surface area contributed by atoms with Gasteiger partial charge in [0.25, 0.3) is 5.91 Å². The van der Waals surface area contributed by atoms with E-state index in [0.717, 1.165) is 5.56 Å². The number of amides is 3. The molecule has 10 heteroatoms. The molecule has 1 N–H and O–H groups in total. The zero-order valence-corrected chi connectivity index (χ0v) is 16.5. The molecule has 0 saturated carbocycles. The van der Waals surface area contributed by atoms with Crippen molar-refractivity contribution in [3.63, 3.8) is 0 Å². The van der Waals surface area contributed by atoms with Crippen LogP contribution in [0.5, 0.6) is 0 Å². The summed E-state index contributed by atoms with van der Waals surface area (Å²) in [5.41, 5.74) is 1.55. The van der Waals surface area contributed by atoms with Gasteiger partial charge in [-0.05, 0) is 42.0 Å². The Morgan fingerprint density at radius 3 is 2.47 bits per heavy atom. The number of aromatic nitrogens is 3. The fourth-order valence-electron chi connectivity index (χ4n) is 3.95. The Morgan fingerprint density at radius 1 is 1.07 bits per heavy atom. The SMILES string of the molecule is CN1C(=O)NC(=O)C2C1n1c(-c3ccc(F)cc3)nnc1N2Cc1ccc(Cl)cc1. The Bertz CT molecular complexity index is 1150. The first kappa shape index (κ1) is 18.6. The number of anilines is 1. The number of hydrogen-bond donors (Lipinski definition) is 1. The summed E-state index contributed by atoms with van der Waals surface area (Å²) >= 11 is 5.99. The Kier molecular flexibility index (Phi) is 4.21. The van der Waals surface area contributed by atoms with Gasteiger partial charge in [-0.2, -0.15) is 0 Å². The normalized spacial score (nSPS) is 20.2. The van der Waals surface area contributed by atoms with Crippen molar-refractivity contribution in [3.8, 4) is 11.4 Å². The standard InChI is InChI=1S/C20H16ClFN6O2/c1-26-18-15(17(29)23-20(26)30)27(10-11-2-6-13(21)7-3-11)19-25-24-16(28(18)19)12-4-8-14(22)9-5-12/h2-9,15,18H,10H2,1H3,(H,23,29,30). The van der Waals surface area contributed by atoms with Crippen molar-refractivity contribution in [2.24, 2.45) is 0 Å². The number of fused-ring (bicyclic) bond motifs is 3. The summed E-state index contributed by atoms with van der Waals surface area (Å²) in [6.45, 7) is 0.370. The molecule has 2 aliphatic heterocycles. The molecule has 152 valence electrons. The zero-order valence-electron chi connectivity index (χ0n) is 15.8. The van der Waals surface area contributed by atoms with Crippen LogP contribution in [0.2, 0.25) is 5.02 Å². The number of nitrogens with zero attached hydrogens (tertiary/aromatic N) is 5. The van der Waals surface area contributed by atoms with Gasteiger partial charge in [0.05, 0.1) is 0 Å². The van der Waals surface area contributed by atoms with Gasteiger partial charge in [-0.15, -0.1) is 10.2 Å². The Labute approximate surface area is 175 Å². The monoisotopic (exact) mass is 426 g/mol. The third-order valence-corrected chi connectivity index (χ3v) is 5.65. The van der Waals surface area contributed by atoms with E-state index in [1.165, 1.54) is 17.0 Å². The van der Waals surface area contributed by atoms with Gasteiger partial charge < -0.3 is 9.80 Å². The number of hydrogen-bond acceptors (Lipinski definition) is 5. The molecule has 3 amide bonds. The van der Waals surface area contributed by atoms with E-state index >= 15 is 0 Å². The number of carbonyl (C=O) groups is 2. The zero-order chi connectivity index (χ0) is 21.0. The molecular weight excluding hydrogens is 411 g/mol. The van der Waals surface area contributed by atoms with Crippen molar-refractivity contribution in [2.45, 2.75) is 18.8 Å². The molecule has 2 atom stereocenters. The maximum Gasteiger partial charge on any atom is 0.325 e. The van der Waals surface area contributed by atoms with Gasteiger partial charge in [-0.25, -0.2) is 9.18 Å². The van der Waals surface area contributed by atoms with Crippen molar-refractivity contribution in [1.82, 2.24) is 25.0 Å². The van der Waals surface area contributed by atoms with E-state index in [1.807, 2.05) is 17.0 Å². The molecular formula is C20H16ClFN6O2. The number of nitrogens with one attached hydrogen (secondary N) is 1. The number of likely N-dealkylation sites (N-methyl/N-ethyl adjacent to an activating group) is 1. The summed E-state index contributed by atoms with van der Waals surface area (Å²) in [5.74, 6) is 0.128. The van der Waals surface area contributed by atoms with Crippen LogP contribution in [0, 0.1) is 5.82 Å². The van der Waals surface area contributed by atoms with Crippen LogP contribution < -0.4 is 10.2 Å². The number of urea groups is 1. The van der Waals surface area contributed by atoms with Gasteiger partial charge in [-0.1, -0.05) is 23.7 Å². The maximum atomic E-state index is 13.4. The smallest absolute Gasteiger partial charge is 0.321 e. The van der Waals surface area contributed by atoms with Crippen molar-refractivity contribution >= 4 is 29.5 Å². The Morgan fingerprint density at radius 2 is 1.77 bits per heavy atom. The Hall–Kier alpha value is -3.46. The molecule has 1 aromatic heterocycles. The highest BCUT2D eigenvalue weighted by Gasteiger charge is 2.52. The van der Waals surface area contributed by atoms with Gasteiger partial charge in [0, 0.05) is 24.2 Å². The first-order chi connectivity index (χ1) is 14.4. The summed E-state index contributed by atoms with van der Waals surface area (Å²) < 4.78 is 15.2. The van der Waals surface area contributed by atoms with Gasteiger partial charge in [0.1, 0.15) is 12.0 Å². The lowest BCUT2D eigenvalue weighted by molar-refractivity contribution is -0.124. The van der Waals surface area contributed by atoms with Gasteiger partial charge in [-0.3, -0.25) is 14.7 Å². The lowest BCUT2D eigenvalue weighted by atomic mass is 10.1. The van der Waals surface area contributed by atoms with E-state index in [4.69, 9.17) is 11.6 Å². The number of imide groups is 1. The van der Waals surface area contributed by atoms with E-state index in [2.05, 4.69) is 15.5 Å². The predicted octanol–water partition coefficient (Wildman–Crippen LogP) is 2.81. The van der Waals surface area contributed by atoms with Crippen LogP contribution in [0.15, 0.2) is 48.5 Å². The van der Waals surface area contributed by atoms with E-state index in [1.54, 1.807) is 35.9 Å². The minimum Gasteiger partial charge on any atom is -0.321 e. The summed E-state index contributed by atoms with van der Waals surface area (Å²) in [4.78, 5) is 28.4. The Balaban J connectivity index is 1.63. The molecule has 5 rings (SSSR count). The molecule has 30 heavy (non-hydrogen) atoms. The molecule has 0 bridgehead atoms. The molecule has 3 heterocycles. The summed E-state index contributed by atoms with van der Waals surface area (Å²) in [6.07, 6.45) is -0.636. The fourth-order valence-corrected chi connectivity index (χ4v) is 4.08. The van der Waals surface area contributed by atoms with E-state index in [-0.39, 0.29) is 5.82 Å². The quantitative estimate of drug-likeness (QED) is 0.696. The van der Waals surface area contributed by atoms with Gasteiger partial charge in [0.15, 0.2) is 11.9 Å². The largest absolute Gasteiger partial charge is 0.325 e. The van der Waals surface area contributed by atoms with Crippen LogP contribution in [0.4, 0.5) is 15.1 Å². The lowest BCUT2D eigenvalue weighted by Gasteiger charge is -2.37. The average Bonchev–Trinajstić information content (AvgIpc) is 3.28. The topological polar surface area (TPSA) is 83.4 Å². The van der Waals surface area contributed by atoms with Crippen molar-refractivity contribution in [3.05, 3.63) is 64.9 Å². The number of benzene rings is 2. The maximum absolute atomic E-state index is 13.4. The first-order valence-corrected chi connectivity index (χ1v) is 9.61. The highest BCUT2D eigenvalue weighted by Crippen LogP contribution is 2.41. The summed E-state index contributed by atoms with van der Waals surface area (Å²) in [6, 6.07) is 11.9. The van der Waals surface area contributed by atoms with Crippen LogP contribution in [0.1, 0.15) is 11.7 Å². The van der Waals surface area contributed by atoms with Crippen LogP contribution in [-0.2, 0) is 11.3 Å². The van der Waals surface area contributed by atoms with Crippen molar-refractivity contribution < 1.29 is 14.0 Å². The van der Waals surface area contributed by atoms with Gasteiger partial charge in [0.2, 0.25) is 5.95 Å². The minimum absolute atomic E-state index is 0.369. The molecule has 2 aromatic carbocycles. The number of carbonyl (C=O) groups excluding carboxylic acids is 2. The number of halogens is 2. The molecule has 3 aromatic rings. The molecule has 1 fully saturated rings. The molecule has 0 spiro atoms. The average molecular weight is 427 g/mol. The molecule has 1 saturated heterocycles. The molecule has 0 aliphatic carbocycles. The van der Waals surface area contributed by atoms with Crippen molar-refractivity contribution in [1.29, 1.82) is 0 Å². The van der Waals surface area contributed by atoms with Gasteiger partial charge >= 0.3 is 6.03 Å². The summed E-state index contributed by atoms with van der Waals surface area (Å²) in [5, 5.41) is 11.6. The number of rotatable bonds is 3.